The van der Waals surface area contributed by atoms with Crippen molar-refractivity contribution < 1.29 is 4.79 Å². The van der Waals surface area contributed by atoms with Gasteiger partial charge >= 0.3 is 0 Å². The minimum absolute atomic E-state index is 0.0593. The molecule has 0 saturated carbocycles. The molecule has 1 atom stereocenters. The van der Waals surface area contributed by atoms with Crippen LogP contribution < -0.4 is 5.32 Å². The van der Waals surface area contributed by atoms with Crippen molar-refractivity contribution in [3.05, 3.63) is 0 Å². The molecule has 1 N–H and O–H groups in total. The first-order valence-corrected chi connectivity index (χ1v) is 7.64. The highest BCUT2D eigenvalue weighted by Crippen LogP contribution is 2.13. The summed E-state index contributed by atoms with van der Waals surface area (Å²) in [6.07, 6.45) is 6.00. The summed E-state index contributed by atoms with van der Waals surface area (Å²) in [5, 5.41) is 3.41. The van der Waals surface area contributed by atoms with Crippen molar-refractivity contribution in [2.75, 3.05) is 0 Å². The van der Waals surface area contributed by atoms with Crippen molar-refractivity contribution in [1.29, 1.82) is 0 Å². The van der Waals surface area contributed by atoms with Crippen LogP contribution >= 0.6 is 0 Å². The van der Waals surface area contributed by atoms with Gasteiger partial charge in [0.15, 0.2) is 5.78 Å². The Hall–Kier alpha value is -0.370. The van der Waals surface area contributed by atoms with E-state index in [2.05, 4.69) is 33.0 Å². The summed E-state index contributed by atoms with van der Waals surface area (Å²) >= 11 is 0. The van der Waals surface area contributed by atoms with E-state index >= 15 is 0 Å². The normalized spacial score (nSPS) is 13.6. The first kappa shape index (κ1) is 17.6. The Bertz CT molecular complexity index is 221. The average Bonchev–Trinajstić information content (AvgIpc) is 2.24. The highest BCUT2D eigenvalue weighted by atomic mass is 16.1. The Morgan fingerprint density at radius 2 is 1.44 bits per heavy atom. The number of hydrogen-bond acceptors (Lipinski definition) is 2. The van der Waals surface area contributed by atoms with E-state index in [0.717, 1.165) is 18.8 Å². The molecule has 0 aliphatic rings. The van der Waals surface area contributed by atoms with E-state index in [-0.39, 0.29) is 12.0 Å². The molecule has 108 valence electrons. The van der Waals surface area contributed by atoms with Gasteiger partial charge in [0.25, 0.3) is 0 Å². The van der Waals surface area contributed by atoms with Crippen LogP contribution in [-0.4, -0.2) is 17.9 Å². The SMILES string of the molecule is CC(C)CCCCC[C@H](NC(C)C)C(=O)C(C)C. The van der Waals surface area contributed by atoms with Crippen molar-refractivity contribution in [1.82, 2.24) is 5.32 Å². The molecule has 0 fully saturated rings. The Kier molecular flexibility index (Phi) is 9.35. The van der Waals surface area contributed by atoms with E-state index in [0.29, 0.717) is 11.8 Å². The second-order valence-electron chi connectivity index (χ2n) is 6.46. The molecule has 0 aromatic rings. The van der Waals surface area contributed by atoms with Gasteiger partial charge in [0.1, 0.15) is 0 Å². The highest BCUT2D eigenvalue weighted by molar-refractivity contribution is 5.85. The fourth-order valence-corrected chi connectivity index (χ4v) is 2.19. The number of nitrogens with one attached hydrogen (secondary N) is 1. The lowest BCUT2D eigenvalue weighted by Crippen LogP contribution is -2.42. The van der Waals surface area contributed by atoms with Crippen LogP contribution in [0, 0.1) is 11.8 Å². The maximum atomic E-state index is 12.1. The smallest absolute Gasteiger partial charge is 0.152 e. The van der Waals surface area contributed by atoms with Crippen molar-refractivity contribution in [2.45, 2.75) is 85.7 Å². The van der Waals surface area contributed by atoms with E-state index in [1.165, 1.54) is 19.3 Å². The van der Waals surface area contributed by atoms with Crippen LogP contribution in [0.2, 0.25) is 0 Å². The van der Waals surface area contributed by atoms with Gasteiger partial charge in [-0.05, 0) is 12.3 Å². The molecule has 18 heavy (non-hydrogen) atoms. The predicted molar refractivity (Wildman–Crippen MR) is 79.8 cm³/mol. The highest BCUT2D eigenvalue weighted by Gasteiger charge is 2.20. The third-order valence-corrected chi connectivity index (χ3v) is 3.22. The van der Waals surface area contributed by atoms with Crippen LogP contribution in [-0.2, 0) is 4.79 Å². The van der Waals surface area contributed by atoms with Gasteiger partial charge in [0.05, 0.1) is 6.04 Å². The van der Waals surface area contributed by atoms with Crippen molar-refractivity contribution in [3.8, 4) is 0 Å². The van der Waals surface area contributed by atoms with E-state index in [1.54, 1.807) is 0 Å². The number of rotatable bonds is 10. The number of hydrogen-bond donors (Lipinski definition) is 1. The van der Waals surface area contributed by atoms with Crippen molar-refractivity contribution in [2.24, 2.45) is 11.8 Å². The fraction of sp³-hybridized carbons (Fsp3) is 0.938. The first-order chi connectivity index (χ1) is 8.34. The zero-order valence-electron chi connectivity index (χ0n) is 13.3. The number of unbranched alkanes of at least 4 members (excludes halogenated alkanes) is 2. The van der Waals surface area contributed by atoms with E-state index < -0.39 is 0 Å². The third kappa shape index (κ3) is 8.68. The zero-order chi connectivity index (χ0) is 14.1. The van der Waals surface area contributed by atoms with E-state index in [1.807, 2.05) is 13.8 Å². The molecule has 0 aliphatic carbocycles. The lowest BCUT2D eigenvalue weighted by atomic mass is 9.95. The quantitative estimate of drug-likeness (QED) is 0.593. The van der Waals surface area contributed by atoms with Crippen LogP contribution in [0.25, 0.3) is 0 Å². The number of carbonyl (C=O) groups excluding carboxylic acids is 1. The molecule has 2 heteroatoms. The van der Waals surface area contributed by atoms with Gasteiger partial charge in [0.2, 0.25) is 0 Å². The molecular formula is C16H33NO. The minimum atomic E-state index is 0.0593. The Balaban J connectivity index is 3.98. The summed E-state index contributed by atoms with van der Waals surface area (Å²) in [4.78, 5) is 12.1. The Morgan fingerprint density at radius 3 is 1.89 bits per heavy atom. The fourth-order valence-electron chi connectivity index (χ4n) is 2.19. The second-order valence-corrected chi connectivity index (χ2v) is 6.46. The number of ketones is 1. The maximum absolute atomic E-state index is 12.1. The molecule has 0 spiro atoms. The summed E-state index contributed by atoms with van der Waals surface area (Å²) in [6.45, 7) is 12.8. The predicted octanol–water partition coefficient (Wildman–Crippen LogP) is 4.18. The summed E-state index contributed by atoms with van der Waals surface area (Å²) < 4.78 is 0. The van der Waals surface area contributed by atoms with Gasteiger partial charge in [-0.3, -0.25) is 4.79 Å². The van der Waals surface area contributed by atoms with Gasteiger partial charge in [-0.1, -0.05) is 67.2 Å². The van der Waals surface area contributed by atoms with Gasteiger partial charge in [-0.15, -0.1) is 0 Å². The second kappa shape index (κ2) is 9.55. The summed E-state index contributed by atoms with van der Waals surface area (Å²) in [6, 6.07) is 0.442. The molecular weight excluding hydrogens is 222 g/mol. The van der Waals surface area contributed by atoms with Crippen molar-refractivity contribution >= 4 is 5.78 Å². The Labute approximate surface area is 114 Å². The zero-order valence-corrected chi connectivity index (χ0v) is 13.3. The molecule has 0 aromatic heterocycles. The molecule has 0 radical (unpaired) electrons. The Morgan fingerprint density at radius 1 is 0.889 bits per heavy atom. The topological polar surface area (TPSA) is 29.1 Å². The molecule has 0 aliphatic heterocycles. The largest absolute Gasteiger partial charge is 0.305 e. The molecule has 0 heterocycles. The van der Waals surface area contributed by atoms with Crippen LogP contribution in [0.15, 0.2) is 0 Å². The third-order valence-electron chi connectivity index (χ3n) is 3.22. The minimum Gasteiger partial charge on any atom is -0.305 e. The van der Waals surface area contributed by atoms with E-state index in [4.69, 9.17) is 0 Å². The molecule has 0 amide bonds. The van der Waals surface area contributed by atoms with Crippen LogP contribution in [0.4, 0.5) is 0 Å². The van der Waals surface area contributed by atoms with E-state index in [9.17, 15) is 4.79 Å². The molecule has 0 bridgehead atoms. The summed E-state index contributed by atoms with van der Waals surface area (Å²) in [7, 11) is 0. The van der Waals surface area contributed by atoms with Crippen LogP contribution in [0.3, 0.4) is 0 Å². The summed E-state index contributed by atoms with van der Waals surface area (Å²) in [5.41, 5.74) is 0. The molecule has 2 nitrogen and oxygen atoms in total. The molecule has 0 rings (SSSR count). The number of carbonyl (C=O) groups is 1. The molecule has 0 saturated heterocycles. The molecule has 0 unspecified atom stereocenters. The van der Waals surface area contributed by atoms with Gasteiger partial charge in [-0.2, -0.15) is 0 Å². The van der Waals surface area contributed by atoms with Crippen molar-refractivity contribution in [3.63, 3.8) is 0 Å². The van der Waals surface area contributed by atoms with Gasteiger partial charge in [0, 0.05) is 12.0 Å². The first-order valence-electron chi connectivity index (χ1n) is 7.64. The van der Waals surface area contributed by atoms with Gasteiger partial charge in [-0.25, -0.2) is 0 Å². The van der Waals surface area contributed by atoms with Gasteiger partial charge < -0.3 is 5.32 Å². The number of Topliss-reactive ketones (excluding diaryl/α,β-unsaturated/α-hetero) is 1. The lowest BCUT2D eigenvalue weighted by molar-refractivity contribution is -0.124. The average molecular weight is 255 g/mol. The van der Waals surface area contributed by atoms with Crippen LogP contribution in [0.1, 0.15) is 73.6 Å². The monoisotopic (exact) mass is 255 g/mol. The summed E-state index contributed by atoms with van der Waals surface area (Å²) in [5.74, 6) is 1.30. The maximum Gasteiger partial charge on any atom is 0.152 e. The standard InChI is InChI=1S/C16H33NO/c1-12(2)10-8-7-9-11-15(17-14(5)6)16(18)13(3)4/h12-15,17H,7-11H2,1-6H3/t15-/m0/s1. The molecule has 0 aromatic carbocycles. The lowest BCUT2D eigenvalue weighted by Gasteiger charge is -2.22. The van der Waals surface area contributed by atoms with Crippen LogP contribution in [0.5, 0.6) is 0 Å².